The van der Waals surface area contributed by atoms with Crippen molar-refractivity contribution in [1.29, 1.82) is 0 Å². The third kappa shape index (κ3) is 5.21. The maximum atomic E-state index is 13.1. The number of halogens is 2. The largest absolute Gasteiger partial charge is 0.484 e. The number of carbonyl (C=O) groups excluding carboxylic acids is 1. The monoisotopic (exact) mass is 390 g/mol. The molecule has 0 unspecified atom stereocenters. The smallest absolute Gasteiger partial charge is 0.260 e. The molecular weight excluding hydrogens is 367 g/mol. The van der Waals surface area contributed by atoms with Crippen LogP contribution in [0, 0.1) is 5.82 Å². The van der Waals surface area contributed by atoms with E-state index in [1.807, 2.05) is 24.0 Å². The summed E-state index contributed by atoms with van der Waals surface area (Å²) in [7, 11) is 0. The summed E-state index contributed by atoms with van der Waals surface area (Å²) >= 11 is 5.94. The predicted molar refractivity (Wildman–Crippen MR) is 104 cm³/mol. The number of benzene rings is 2. The SMILES string of the molecule is C[C@@H]1CN(C(=O)COc2cccc(Cl)c2)[C@@H](C)CN1Cc1ccc(F)cc1. The van der Waals surface area contributed by atoms with Crippen LogP contribution in [0.2, 0.25) is 5.02 Å². The molecule has 144 valence electrons. The maximum absolute atomic E-state index is 13.1. The summed E-state index contributed by atoms with van der Waals surface area (Å²) in [6.45, 7) is 6.29. The van der Waals surface area contributed by atoms with Crippen LogP contribution in [0.5, 0.6) is 5.75 Å². The lowest BCUT2D eigenvalue weighted by molar-refractivity contribution is -0.139. The number of rotatable bonds is 5. The third-order valence-corrected chi connectivity index (χ3v) is 5.13. The van der Waals surface area contributed by atoms with Gasteiger partial charge in [0.2, 0.25) is 0 Å². The second-order valence-electron chi connectivity index (χ2n) is 7.05. The average Bonchev–Trinajstić information content (AvgIpc) is 2.64. The van der Waals surface area contributed by atoms with Gasteiger partial charge in [-0.2, -0.15) is 0 Å². The molecule has 0 radical (unpaired) electrons. The number of hydrogen-bond acceptors (Lipinski definition) is 3. The van der Waals surface area contributed by atoms with E-state index in [1.54, 1.807) is 24.3 Å². The van der Waals surface area contributed by atoms with Gasteiger partial charge >= 0.3 is 0 Å². The summed E-state index contributed by atoms with van der Waals surface area (Å²) < 4.78 is 18.7. The first kappa shape index (κ1) is 19.6. The number of carbonyl (C=O) groups is 1. The van der Waals surface area contributed by atoms with Gasteiger partial charge in [-0.3, -0.25) is 9.69 Å². The Morgan fingerprint density at radius 2 is 1.89 bits per heavy atom. The molecule has 0 N–H and O–H groups in total. The molecular formula is C21H24ClFN2O2. The first-order valence-corrected chi connectivity index (χ1v) is 9.46. The first-order valence-electron chi connectivity index (χ1n) is 9.08. The molecule has 1 amide bonds. The maximum Gasteiger partial charge on any atom is 0.260 e. The van der Waals surface area contributed by atoms with Crippen molar-refractivity contribution in [3.05, 3.63) is 64.9 Å². The van der Waals surface area contributed by atoms with Crippen LogP contribution in [0.25, 0.3) is 0 Å². The fraction of sp³-hybridized carbons (Fsp3) is 0.381. The van der Waals surface area contributed by atoms with Gasteiger partial charge < -0.3 is 9.64 Å². The Labute approximate surface area is 164 Å². The Bertz CT molecular complexity index is 784. The number of nitrogens with zero attached hydrogens (tertiary/aromatic N) is 2. The fourth-order valence-corrected chi connectivity index (χ4v) is 3.56. The van der Waals surface area contributed by atoms with E-state index in [0.717, 1.165) is 18.7 Å². The van der Waals surface area contributed by atoms with Gasteiger partial charge in [-0.15, -0.1) is 0 Å². The lowest BCUT2D eigenvalue weighted by Crippen LogP contribution is -2.58. The molecule has 27 heavy (non-hydrogen) atoms. The molecule has 1 fully saturated rings. The molecule has 1 aliphatic heterocycles. The Morgan fingerprint density at radius 3 is 2.59 bits per heavy atom. The van der Waals surface area contributed by atoms with Crippen molar-refractivity contribution < 1.29 is 13.9 Å². The van der Waals surface area contributed by atoms with Gasteiger partial charge in [0.25, 0.3) is 5.91 Å². The van der Waals surface area contributed by atoms with Crippen molar-refractivity contribution in [3.63, 3.8) is 0 Å². The zero-order valence-corrected chi connectivity index (χ0v) is 16.3. The van der Waals surface area contributed by atoms with Crippen molar-refractivity contribution in [1.82, 2.24) is 9.80 Å². The zero-order valence-electron chi connectivity index (χ0n) is 15.6. The molecule has 0 bridgehead atoms. The predicted octanol–water partition coefficient (Wildman–Crippen LogP) is 3.98. The van der Waals surface area contributed by atoms with Crippen molar-refractivity contribution in [2.45, 2.75) is 32.5 Å². The van der Waals surface area contributed by atoms with E-state index in [9.17, 15) is 9.18 Å². The van der Waals surface area contributed by atoms with Gasteiger partial charge in [-0.05, 0) is 49.7 Å². The average molecular weight is 391 g/mol. The molecule has 2 atom stereocenters. The normalized spacial score (nSPS) is 20.5. The zero-order chi connectivity index (χ0) is 19.4. The second-order valence-corrected chi connectivity index (χ2v) is 7.48. The summed E-state index contributed by atoms with van der Waals surface area (Å²) in [6.07, 6.45) is 0. The summed E-state index contributed by atoms with van der Waals surface area (Å²) in [5, 5.41) is 0.580. The van der Waals surface area contributed by atoms with Crippen LogP contribution in [0.1, 0.15) is 19.4 Å². The molecule has 3 rings (SSSR count). The van der Waals surface area contributed by atoms with Gasteiger partial charge in [0, 0.05) is 36.7 Å². The van der Waals surface area contributed by atoms with E-state index >= 15 is 0 Å². The Kier molecular flexibility index (Phi) is 6.34. The van der Waals surface area contributed by atoms with E-state index in [-0.39, 0.29) is 30.4 Å². The summed E-state index contributed by atoms with van der Waals surface area (Å²) in [4.78, 5) is 16.8. The van der Waals surface area contributed by atoms with Gasteiger partial charge in [0.05, 0.1) is 0 Å². The molecule has 4 nitrogen and oxygen atoms in total. The van der Waals surface area contributed by atoms with E-state index in [4.69, 9.17) is 16.3 Å². The van der Waals surface area contributed by atoms with Gasteiger partial charge in [-0.1, -0.05) is 29.8 Å². The highest BCUT2D eigenvalue weighted by Crippen LogP contribution is 2.20. The molecule has 1 aliphatic rings. The standard InChI is InChI=1S/C21H24ClFN2O2/c1-15-12-25(21(26)14-27-20-5-3-4-18(22)10-20)16(2)11-24(15)13-17-6-8-19(23)9-7-17/h3-10,15-16H,11-14H2,1-2H3/t15-,16+/m1/s1. The molecule has 1 heterocycles. The van der Waals surface area contributed by atoms with Gasteiger partial charge in [-0.25, -0.2) is 4.39 Å². The van der Waals surface area contributed by atoms with Crippen LogP contribution in [0.3, 0.4) is 0 Å². The van der Waals surface area contributed by atoms with E-state index in [1.165, 1.54) is 12.1 Å². The summed E-state index contributed by atoms with van der Waals surface area (Å²) in [5.41, 5.74) is 1.07. The van der Waals surface area contributed by atoms with Crippen LogP contribution in [-0.4, -0.2) is 47.5 Å². The highest BCUT2D eigenvalue weighted by Gasteiger charge is 2.32. The van der Waals surface area contributed by atoms with E-state index in [2.05, 4.69) is 11.8 Å². The Hall–Kier alpha value is -2.11. The molecule has 1 saturated heterocycles. The van der Waals surface area contributed by atoms with Crippen LogP contribution in [-0.2, 0) is 11.3 Å². The minimum atomic E-state index is -0.227. The lowest BCUT2D eigenvalue weighted by Gasteiger charge is -2.44. The molecule has 0 aromatic heterocycles. The Morgan fingerprint density at radius 1 is 1.15 bits per heavy atom. The quantitative estimate of drug-likeness (QED) is 0.774. The van der Waals surface area contributed by atoms with Crippen molar-refractivity contribution >= 4 is 17.5 Å². The van der Waals surface area contributed by atoms with Crippen LogP contribution in [0.4, 0.5) is 4.39 Å². The summed E-state index contributed by atoms with van der Waals surface area (Å²) in [6, 6.07) is 13.9. The van der Waals surface area contributed by atoms with Crippen LogP contribution >= 0.6 is 11.6 Å². The minimum absolute atomic E-state index is 0.00460. The fourth-order valence-electron chi connectivity index (χ4n) is 3.38. The molecule has 2 aromatic rings. The minimum Gasteiger partial charge on any atom is -0.484 e. The van der Waals surface area contributed by atoms with Gasteiger partial charge in [0.1, 0.15) is 11.6 Å². The first-order chi connectivity index (χ1) is 12.9. The van der Waals surface area contributed by atoms with Crippen LogP contribution in [0.15, 0.2) is 48.5 Å². The number of amides is 1. The van der Waals surface area contributed by atoms with Crippen molar-refractivity contribution in [3.8, 4) is 5.75 Å². The van der Waals surface area contributed by atoms with Crippen molar-refractivity contribution in [2.24, 2.45) is 0 Å². The number of piperazine rings is 1. The number of ether oxygens (including phenoxy) is 1. The molecule has 2 aromatic carbocycles. The highest BCUT2D eigenvalue weighted by molar-refractivity contribution is 6.30. The molecule has 0 saturated carbocycles. The molecule has 0 spiro atoms. The third-order valence-electron chi connectivity index (χ3n) is 4.89. The van der Waals surface area contributed by atoms with Gasteiger partial charge in [0.15, 0.2) is 6.61 Å². The lowest BCUT2D eigenvalue weighted by atomic mass is 10.1. The topological polar surface area (TPSA) is 32.8 Å². The highest BCUT2D eigenvalue weighted by atomic mass is 35.5. The van der Waals surface area contributed by atoms with Crippen molar-refractivity contribution in [2.75, 3.05) is 19.7 Å². The molecule has 0 aliphatic carbocycles. The number of hydrogen-bond donors (Lipinski definition) is 0. The molecule has 6 heteroatoms. The van der Waals surface area contributed by atoms with E-state index < -0.39 is 0 Å². The summed E-state index contributed by atoms with van der Waals surface area (Å²) in [5.74, 6) is 0.331. The van der Waals surface area contributed by atoms with Crippen LogP contribution < -0.4 is 4.74 Å². The van der Waals surface area contributed by atoms with E-state index in [0.29, 0.717) is 17.3 Å². The second kappa shape index (κ2) is 8.72. The Balaban J connectivity index is 1.55.